The van der Waals surface area contributed by atoms with Crippen LogP contribution in [0, 0.1) is 11.4 Å². The maximum atomic E-state index is 12.8. The molecule has 60 heavy (non-hydrogen) atoms. The number of fused-ring (bicyclic) bond motifs is 1. The Hall–Kier alpha value is -4.96. The number of aromatic hydroxyl groups is 1. The first kappa shape index (κ1) is 47.7. The summed E-state index contributed by atoms with van der Waals surface area (Å²) < 4.78 is 103. The molecule has 0 radical (unpaired) electrons. The number of phenols is 1. The van der Waals surface area contributed by atoms with Crippen molar-refractivity contribution in [3.05, 3.63) is 66.2 Å². The Kier molecular flexibility index (Phi) is 17.5. The number of nitrogens with zero attached hydrogens (tertiary/aromatic N) is 4. The molecule has 0 unspecified atom stereocenters. The Morgan fingerprint density at radius 1 is 0.900 bits per heavy atom. The number of carbonyl (C=O) groups is 1. The Balaban J connectivity index is 1.61. The van der Waals surface area contributed by atoms with Crippen LogP contribution in [0.2, 0.25) is 0 Å². The fraction of sp³-hybridized carbons (Fsp3) is 0.242. The maximum absolute atomic E-state index is 12.8. The van der Waals surface area contributed by atoms with Gasteiger partial charge >= 0.3 is 10.4 Å². The monoisotopic (exact) mass is 930 g/mol. The molecule has 0 aliphatic rings. The van der Waals surface area contributed by atoms with Gasteiger partial charge in [0.2, 0.25) is 0 Å². The molecule has 0 bridgehead atoms. The van der Waals surface area contributed by atoms with Crippen molar-refractivity contribution in [1.82, 2.24) is 5.32 Å². The van der Waals surface area contributed by atoms with Crippen LogP contribution in [0.25, 0.3) is 10.8 Å². The second-order valence-electron chi connectivity index (χ2n) is 11.6. The molecule has 0 atom stereocenters. The Bertz CT molecular complexity index is 2640. The summed E-state index contributed by atoms with van der Waals surface area (Å²) in [7, 11) is -13.4. The highest BCUT2D eigenvalue weighted by Gasteiger charge is 2.26. The summed E-state index contributed by atoms with van der Waals surface area (Å²) in [5.41, 5.74) is 5.50. The Labute approximate surface area is 351 Å². The number of carbonyl (C=O) groups excluding carboxylic acids is 1. The van der Waals surface area contributed by atoms with Gasteiger partial charge in [0.1, 0.15) is 16.3 Å². The zero-order chi connectivity index (χ0) is 43.9. The largest absolute Gasteiger partial charge is 0.505 e. The topological polar surface area (TPSA) is 334 Å². The zero-order valence-electron chi connectivity index (χ0n) is 30.8. The summed E-state index contributed by atoms with van der Waals surface area (Å²) in [6.45, 7) is 2.67. The van der Waals surface area contributed by atoms with E-state index < -0.39 is 52.6 Å². The molecule has 4 aromatic carbocycles. The van der Waals surface area contributed by atoms with Crippen molar-refractivity contribution in [3.8, 4) is 17.1 Å². The van der Waals surface area contributed by atoms with E-state index in [1.54, 1.807) is 12.1 Å². The van der Waals surface area contributed by atoms with Gasteiger partial charge in [-0.2, -0.15) is 27.1 Å². The number of unbranched alkanes of at least 4 members (excludes halogenated alkanes) is 1. The molecule has 0 aromatic heterocycles. The van der Waals surface area contributed by atoms with Gasteiger partial charge in [-0.3, -0.25) is 18.8 Å². The molecule has 4 aromatic rings. The zero-order valence-corrected chi connectivity index (χ0v) is 34.9. The highest BCUT2D eigenvalue weighted by Crippen LogP contribution is 2.49. The van der Waals surface area contributed by atoms with Gasteiger partial charge in [0.25, 0.3) is 16.0 Å². The van der Waals surface area contributed by atoms with E-state index in [1.165, 1.54) is 42.5 Å². The van der Waals surface area contributed by atoms with Gasteiger partial charge in [0.15, 0.2) is 21.7 Å². The van der Waals surface area contributed by atoms with Crippen molar-refractivity contribution in [2.24, 2.45) is 20.5 Å². The van der Waals surface area contributed by atoms with E-state index in [4.69, 9.17) is 20.3 Å². The molecule has 0 fully saturated rings. The van der Waals surface area contributed by atoms with E-state index in [-0.39, 0.29) is 62.0 Å². The molecule has 0 spiro atoms. The predicted octanol–water partition coefficient (Wildman–Crippen LogP) is 6.36. The molecule has 27 heteroatoms. The van der Waals surface area contributed by atoms with E-state index in [0.717, 1.165) is 17.8 Å². The molecule has 0 heterocycles. The third kappa shape index (κ3) is 14.6. The summed E-state index contributed by atoms with van der Waals surface area (Å²) in [6.07, 6.45) is 2.90. The molecule has 4 rings (SSSR count). The summed E-state index contributed by atoms with van der Waals surface area (Å²) in [5, 5.41) is 44.6. The average Bonchev–Trinajstić information content (AvgIpc) is 3.18. The number of nitrogens with one attached hydrogen (secondary N) is 1. The quantitative estimate of drug-likeness (QED) is 0.00609. The predicted molar refractivity (Wildman–Crippen MR) is 216 cm³/mol. The summed E-state index contributed by atoms with van der Waals surface area (Å²) in [5.74, 6) is -1.84. The van der Waals surface area contributed by atoms with Crippen molar-refractivity contribution in [2.45, 2.75) is 34.5 Å². The van der Waals surface area contributed by atoms with Crippen LogP contribution in [0.15, 0.2) is 95.8 Å². The molecule has 22 nitrogen and oxygen atoms in total. The summed E-state index contributed by atoms with van der Waals surface area (Å²) in [6, 6.07) is 13.7. The minimum atomic E-state index is -5.10. The van der Waals surface area contributed by atoms with Crippen LogP contribution in [0.1, 0.15) is 30.1 Å². The number of thioether (sulfide) groups is 1. The molecule has 0 saturated heterocycles. The SMILES string of the molecule is CCOCCCCS(=O)(=O)CCNC(=O)c1cccc(N=Nc2c(S(=O)(=O)O)cc3cc(SOOO)c(N=Nc4ccc(SC#COOS(=O)(=O)O)cc4)c(N)c3c2O)c1. The van der Waals surface area contributed by atoms with Gasteiger partial charge in [-0.15, -0.1) is 14.6 Å². The van der Waals surface area contributed by atoms with Crippen LogP contribution < -0.4 is 11.1 Å². The number of rotatable bonds is 21. The number of nitrogens with two attached hydrogens (primary N) is 1. The van der Waals surface area contributed by atoms with Crippen LogP contribution >= 0.6 is 23.8 Å². The first-order chi connectivity index (χ1) is 28.4. The van der Waals surface area contributed by atoms with E-state index >= 15 is 0 Å². The van der Waals surface area contributed by atoms with Gasteiger partial charge in [0, 0.05) is 35.5 Å². The van der Waals surface area contributed by atoms with Crippen molar-refractivity contribution in [3.63, 3.8) is 0 Å². The lowest BCUT2D eigenvalue weighted by Gasteiger charge is -2.14. The highest BCUT2D eigenvalue weighted by atomic mass is 32.3. The van der Waals surface area contributed by atoms with Crippen LogP contribution in [0.4, 0.5) is 28.4 Å². The van der Waals surface area contributed by atoms with Gasteiger partial charge in [-0.05, 0) is 95.8 Å². The normalized spacial score (nSPS) is 12.2. The van der Waals surface area contributed by atoms with Gasteiger partial charge < -0.3 is 20.9 Å². The lowest BCUT2D eigenvalue weighted by atomic mass is 10.1. The average molecular weight is 931 g/mol. The molecular weight excluding hydrogens is 897 g/mol. The Morgan fingerprint density at radius 3 is 2.30 bits per heavy atom. The fourth-order valence-electron chi connectivity index (χ4n) is 4.88. The fourth-order valence-corrected chi connectivity index (χ4v) is 7.89. The number of benzene rings is 4. The molecular formula is C33H34N6O16S5. The van der Waals surface area contributed by atoms with Gasteiger partial charge in [-0.1, -0.05) is 11.1 Å². The van der Waals surface area contributed by atoms with Crippen LogP contribution in [-0.2, 0) is 53.7 Å². The number of sulfone groups is 1. The molecule has 0 aliphatic heterocycles. The lowest BCUT2D eigenvalue weighted by Crippen LogP contribution is -2.29. The van der Waals surface area contributed by atoms with Gasteiger partial charge in [-0.25, -0.2) is 13.7 Å². The second-order valence-corrected chi connectivity index (χ2v) is 18.0. The van der Waals surface area contributed by atoms with Crippen molar-refractivity contribution in [1.29, 1.82) is 0 Å². The molecule has 7 N–H and O–H groups in total. The van der Waals surface area contributed by atoms with E-state index in [0.29, 0.717) is 43.0 Å². The highest BCUT2D eigenvalue weighted by molar-refractivity contribution is 8.04. The number of phenolic OH excluding ortho intramolecular Hbond substituents is 1. The smallest absolute Gasteiger partial charge is 0.433 e. The number of hydrogen-bond acceptors (Lipinski definition) is 21. The van der Waals surface area contributed by atoms with Crippen LogP contribution in [0.3, 0.4) is 0 Å². The van der Waals surface area contributed by atoms with Crippen molar-refractivity contribution >= 4 is 99.3 Å². The van der Waals surface area contributed by atoms with Crippen LogP contribution in [0.5, 0.6) is 5.75 Å². The number of amides is 1. The molecule has 0 saturated carbocycles. The summed E-state index contributed by atoms with van der Waals surface area (Å²) >= 11 is 1.26. The lowest BCUT2D eigenvalue weighted by molar-refractivity contribution is -0.432. The molecule has 1 amide bonds. The molecule has 0 aliphatic carbocycles. The number of azo groups is 2. The van der Waals surface area contributed by atoms with E-state index in [2.05, 4.69) is 49.6 Å². The number of anilines is 1. The molecule has 322 valence electrons. The third-order valence-electron chi connectivity index (χ3n) is 7.49. The standard InChI is InChI=1S/C33H34N6O16S5/c1-2-51-13-3-4-16-58(43,44)17-12-35-33(41)21-6-5-7-24(18-21)37-39-31-27(59(45,46)47)20-22-19-26(57-54-53-42)30(29(34)28(22)32(31)40)38-36-23-8-10-25(11-9-23)56-15-14-52-55-60(48,49)50/h5-11,18-20,40,42H,2-4,12-13,16-17,34H2,1H3,(H,35,41)(H,45,46,47)(H,48,49,50). The van der Waals surface area contributed by atoms with Gasteiger partial charge in [0.05, 0.1) is 50.9 Å². The number of hydrogen-bond donors (Lipinski definition) is 6. The minimum Gasteiger partial charge on any atom is -0.505 e. The van der Waals surface area contributed by atoms with Crippen molar-refractivity contribution in [2.75, 3.05) is 37.0 Å². The first-order valence-electron chi connectivity index (χ1n) is 16.8. The number of nitrogen functional groups attached to an aromatic ring is 1. The summed E-state index contributed by atoms with van der Waals surface area (Å²) in [4.78, 5) is 16.5. The van der Waals surface area contributed by atoms with E-state index in [1.807, 2.05) is 13.0 Å². The minimum absolute atomic E-state index is 0.00308. The maximum Gasteiger partial charge on any atom is 0.433 e. The Morgan fingerprint density at radius 2 is 1.62 bits per heavy atom. The van der Waals surface area contributed by atoms with E-state index in [9.17, 15) is 39.7 Å². The van der Waals surface area contributed by atoms with Crippen molar-refractivity contribution < 1.29 is 72.8 Å². The first-order valence-corrected chi connectivity index (χ1v) is 22.9. The van der Waals surface area contributed by atoms with Crippen LogP contribution in [-0.4, -0.2) is 81.9 Å². The number of ether oxygens (including phenoxy) is 1. The second kappa shape index (κ2) is 22.0. The third-order valence-corrected chi connectivity index (χ3v) is 11.6.